The van der Waals surface area contributed by atoms with E-state index >= 15 is 0 Å². The highest BCUT2D eigenvalue weighted by molar-refractivity contribution is 9.11. The van der Waals surface area contributed by atoms with Gasteiger partial charge in [-0.15, -0.1) is 6.42 Å². The monoisotopic (exact) mass is 536 g/mol. The second-order valence-electron chi connectivity index (χ2n) is 4.94. The van der Waals surface area contributed by atoms with Gasteiger partial charge >= 0.3 is 0 Å². The van der Waals surface area contributed by atoms with Crippen LogP contribution in [0.5, 0.6) is 5.75 Å². The summed E-state index contributed by atoms with van der Waals surface area (Å²) in [6, 6.07) is 12.5. The number of benzene rings is 2. The van der Waals surface area contributed by atoms with E-state index in [1.807, 2.05) is 6.07 Å². The van der Waals surface area contributed by atoms with Gasteiger partial charge in [-0.05, 0) is 79.9 Å². The van der Waals surface area contributed by atoms with Crippen LogP contribution in [0.1, 0.15) is 5.56 Å². The molecule has 0 spiro atoms. The molecule has 2 rings (SSSR count). The maximum atomic E-state index is 12.3. The average Bonchev–Trinajstić information content (AvgIpc) is 2.61. The number of anilines is 1. The minimum absolute atomic E-state index is 0.0241. The van der Waals surface area contributed by atoms with Gasteiger partial charge in [-0.25, -0.2) is 0 Å². The van der Waals surface area contributed by atoms with Crippen LogP contribution in [0.4, 0.5) is 5.69 Å². The number of amides is 1. The first-order chi connectivity index (χ1) is 12.4. The van der Waals surface area contributed by atoms with Gasteiger partial charge in [0.1, 0.15) is 24.0 Å². The fraction of sp³-hybridized carbons (Fsp3) is 0.0526. The Hall–Kier alpha value is -2.06. The molecule has 2 aromatic rings. The molecular formula is C19H11Br3N2O2. The quantitative estimate of drug-likeness (QED) is 0.309. The topological polar surface area (TPSA) is 62.1 Å². The predicted octanol–water partition coefficient (Wildman–Crippen LogP) is 5.53. The summed E-state index contributed by atoms with van der Waals surface area (Å²) in [4.78, 5) is 12.3. The Kier molecular flexibility index (Phi) is 7.47. The zero-order chi connectivity index (χ0) is 19.1. The summed E-state index contributed by atoms with van der Waals surface area (Å²) in [6.07, 6.45) is 6.69. The Morgan fingerprint density at radius 1 is 1.19 bits per heavy atom. The third-order valence-corrected chi connectivity index (χ3v) is 4.81. The first-order valence-corrected chi connectivity index (χ1v) is 9.56. The maximum Gasteiger partial charge on any atom is 0.266 e. The summed E-state index contributed by atoms with van der Waals surface area (Å²) in [5.41, 5.74) is 1.23. The minimum atomic E-state index is -0.491. The number of ether oxygens (including phenoxy) is 1. The van der Waals surface area contributed by atoms with Gasteiger partial charge < -0.3 is 10.1 Å². The van der Waals surface area contributed by atoms with Crippen LogP contribution in [0.3, 0.4) is 0 Å². The van der Waals surface area contributed by atoms with E-state index < -0.39 is 5.91 Å². The van der Waals surface area contributed by atoms with E-state index in [1.54, 1.807) is 36.4 Å². The van der Waals surface area contributed by atoms with Crippen LogP contribution in [0.25, 0.3) is 6.08 Å². The lowest BCUT2D eigenvalue weighted by atomic mass is 10.1. The molecule has 0 bridgehead atoms. The number of nitrogens with zero attached hydrogens (tertiary/aromatic N) is 1. The molecule has 0 aromatic heterocycles. The fourth-order valence-corrected chi connectivity index (χ4v) is 3.68. The number of carbonyl (C=O) groups is 1. The molecule has 0 saturated carbocycles. The number of hydrogen-bond donors (Lipinski definition) is 1. The molecular weight excluding hydrogens is 528 g/mol. The summed E-state index contributed by atoms with van der Waals surface area (Å²) in [5, 5.41) is 12.0. The Labute approximate surface area is 176 Å². The van der Waals surface area contributed by atoms with Crippen LogP contribution >= 0.6 is 47.8 Å². The van der Waals surface area contributed by atoms with Gasteiger partial charge in [0, 0.05) is 10.2 Å². The van der Waals surface area contributed by atoms with Crippen molar-refractivity contribution in [2.24, 2.45) is 0 Å². The van der Waals surface area contributed by atoms with Crippen molar-refractivity contribution in [3.8, 4) is 24.2 Å². The third kappa shape index (κ3) is 5.47. The van der Waals surface area contributed by atoms with E-state index in [0.29, 0.717) is 25.9 Å². The van der Waals surface area contributed by atoms with Crippen molar-refractivity contribution in [1.29, 1.82) is 5.26 Å². The normalized spacial score (nSPS) is 10.6. The second kappa shape index (κ2) is 9.59. The van der Waals surface area contributed by atoms with E-state index in [9.17, 15) is 10.1 Å². The molecule has 0 unspecified atom stereocenters. The van der Waals surface area contributed by atoms with Crippen LogP contribution in [-0.2, 0) is 4.79 Å². The lowest BCUT2D eigenvalue weighted by Gasteiger charge is -2.09. The Morgan fingerprint density at radius 3 is 2.35 bits per heavy atom. The molecule has 0 aliphatic carbocycles. The SMILES string of the molecule is C#CCOc1c(Br)cc(/C=C(/C#N)C(=O)Nc2ccc(Br)cc2)cc1Br. The molecule has 7 heteroatoms. The van der Waals surface area contributed by atoms with Crippen molar-refractivity contribution in [1.82, 2.24) is 0 Å². The molecule has 130 valence electrons. The highest BCUT2D eigenvalue weighted by Gasteiger charge is 2.12. The van der Waals surface area contributed by atoms with Crippen LogP contribution in [0.15, 0.2) is 55.4 Å². The van der Waals surface area contributed by atoms with Crippen LogP contribution in [0, 0.1) is 23.7 Å². The van der Waals surface area contributed by atoms with Gasteiger partial charge in [0.2, 0.25) is 0 Å². The largest absolute Gasteiger partial charge is 0.479 e. The molecule has 0 aliphatic heterocycles. The molecule has 0 radical (unpaired) electrons. The lowest BCUT2D eigenvalue weighted by Crippen LogP contribution is -2.13. The highest BCUT2D eigenvalue weighted by Crippen LogP contribution is 2.35. The number of carbonyl (C=O) groups excluding carboxylic acids is 1. The summed E-state index contributed by atoms with van der Waals surface area (Å²) < 4.78 is 7.64. The number of hydrogen-bond acceptors (Lipinski definition) is 3. The number of halogens is 3. The van der Waals surface area contributed by atoms with Gasteiger partial charge in [-0.2, -0.15) is 5.26 Å². The lowest BCUT2D eigenvalue weighted by molar-refractivity contribution is -0.112. The van der Waals surface area contributed by atoms with E-state index in [4.69, 9.17) is 11.2 Å². The average molecular weight is 539 g/mol. The Balaban J connectivity index is 2.25. The van der Waals surface area contributed by atoms with Gasteiger partial charge in [0.25, 0.3) is 5.91 Å². The van der Waals surface area contributed by atoms with Gasteiger partial charge in [0.05, 0.1) is 8.95 Å². The molecule has 26 heavy (non-hydrogen) atoms. The van der Waals surface area contributed by atoms with E-state index in [2.05, 4.69) is 59.0 Å². The summed E-state index contributed by atoms with van der Waals surface area (Å²) >= 11 is 10.1. The third-order valence-electron chi connectivity index (χ3n) is 3.10. The van der Waals surface area contributed by atoms with Crippen LogP contribution in [-0.4, -0.2) is 12.5 Å². The molecule has 0 atom stereocenters. The van der Waals surface area contributed by atoms with E-state index in [-0.39, 0.29) is 12.2 Å². The molecule has 0 fully saturated rings. The standard InChI is InChI=1S/C19H11Br3N2O2/c1-2-7-26-18-16(21)9-12(10-17(18)22)8-13(11-23)19(25)24-15-5-3-14(20)4-6-15/h1,3-6,8-10H,7H2,(H,24,25)/b13-8-. The molecule has 2 aromatic carbocycles. The van der Waals surface area contributed by atoms with Gasteiger partial charge in [-0.3, -0.25) is 4.79 Å². The maximum absolute atomic E-state index is 12.3. The molecule has 0 heterocycles. The summed E-state index contributed by atoms with van der Waals surface area (Å²) in [6.45, 7) is 0.130. The zero-order valence-electron chi connectivity index (χ0n) is 13.2. The molecule has 4 nitrogen and oxygen atoms in total. The van der Waals surface area contributed by atoms with Crippen LogP contribution in [0.2, 0.25) is 0 Å². The smallest absolute Gasteiger partial charge is 0.266 e. The minimum Gasteiger partial charge on any atom is -0.479 e. The predicted molar refractivity (Wildman–Crippen MR) is 113 cm³/mol. The number of nitrogens with one attached hydrogen (secondary N) is 1. The van der Waals surface area contributed by atoms with Crippen molar-refractivity contribution in [3.63, 3.8) is 0 Å². The molecule has 1 N–H and O–H groups in total. The summed E-state index contributed by atoms with van der Waals surface area (Å²) in [7, 11) is 0. The second-order valence-corrected chi connectivity index (χ2v) is 7.56. The molecule has 0 aliphatic rings. The first kappa shape index (κ1) is 20.3. The van der Waals surface area contributed by atoms with Crippen molar-refractivity contribution in [3.05, 3.63) is 61.0 Å². The summed E-state index contributed by atoms with van der Waals surface area (Å²) in [5.74, 6) is 2.46. The van der Waals surface area contributed by atoms with Crippen molar-refractivity contribution >= 4 is 65.5 Å². The highest BCUT2D eigenvalue weighted by atomic mass is 79.9. The first-order valence-electron chi connectivity index (χ1n) is 7.18. The number of rotatable bonds is 5. The number of terminal acetylenes is 1. The van der Waals surface area contributed by atoms with E-state index in [1.165, 1.54) is 6.08 Å². The Morgan fingerprint density at radius 2 is 1.81 bits per heavy atom. The zero-order valence-corrected chi connectivity index (χ0v) is 18.0. The number of nitriles is 1. The molecule has 0 saturated heterocycles. The van der Waals surface area contributed by atoms with Gasteiger partial charge in [0.15, 0.2) is 0 Å². The van der Waals surface area contributed by atoms with Crippen molar-refractivity contribution < 1.29 is 9.53 Å². The van der Waals surface area contributed by atoms with Crippen molar-refractivity contribution in [2.45, 2.75) is 0 Å². The van der Waals surface area contributed by atoms with E-state index in [0.717, 1.165) is 4.47 Å². The van der Waals surface area contributed by atoms with Crippen LogP contribution < -0.4 is 10.1 Å². The van der Waals surface area contributed by atoms with Gasteiger partial charge in [-0.1, -0.05) is 21.9 Å². The van der Waals surface area contributed by atoms with Crippen molar-refractivity contribution in [2.75, 3.05) is 11.9 Å². The Bertz CT molecular complexity index is 916. The molecule has 1 amide bonds. The fourth-order valence-electron chi connectivity index (χ4n) is 1.96.